The number of aryl methyl sites for hydroxylation is 1. The summed E-state index contributed by atoms with van der Waals surface area (Å²) in [5, 5.41) is 0. The molecule has 4 rings (SSSR count). The number of para-hydroxylation sites is 1. The van der Waals surface area contributed by atoms with Gasteiger partial charge in [0.1, 0.15) is 5.75 Å². The Bertz CT molecular complexity index is 754. The molecule has 0 fully saturated rings. The van der Waals surface area contributed by atoms with Crippen molar-refractivity contribution in [3.05, 3.63) is 84.2 Å². The van der Waals surface area contributed by atoms with Crippen LogP contribution in [0.5, 0.6) is 5.75 Å². The van der Waals surface area contributed by atoms with Gasteiger partial charge >= 0.3 is 0 Å². The molecule has 3 aromatic rings. The van der Waals surface area contributed by atoms with E-state index in [2.05, 4.69) is 66.3 Å². The lowest BCUT2D eigenvalue weighted by atomic mass is 10.1. The zero-order chi connectivity index (χ0) is 14.3. The van der Waals surface area contributed by atoms with Crippen molar-refractivity contribution in [2.45, 2.75) is 9.83 Å². The average molecular weight is 293 g/mol. The van der Waals surface area contributed by atoms with Gasteiger partial charge in [0.05, 0.1) is 10.6 Å². The fourth-order valence-corrected chi connectivity index (χ4v) is 4.15. The molecule has 0 bridgehead atoms. The second-order valence-corrected chi connectivity index (χ2v) is 6.36. The highest BCUT2D eigenvalue weighted by molar-refractivity contribution is 8.00. The van der Waals surface area contributed by atoms with E-state index in [-0.39, 0.29) is 0 Å². The molecule has 1 aromatic heterocycles. The molecule has 2 nitrogen and oxygen atoms in total. The number of rotatable bonds is 2. The highest BCUT2D eigenvalue weighted by Gasteiger charge is 2.45. The lowest BCUT2D eigenvalue weighted by molar-refractivity contribution is 0.209. The number of hydrogen-bond acceptors (Lipinski definition) is 2. The summed E-state index contributed by atoms with van der Waals surface area (Å²) >= 11 is 1.77. The first-order chi connectivity index (χ1) is 10.3. The lowest BCUT2D eigenvalue weighted by Gasteiger charge is -2.29. The third kappa shape index (κ3) is 1.88. The average Bonchev–Trinajstić information content (AvgIpc) is 3.12. The van der Waals surface area contributed by atoms with E-state index >= 15 is 0 Å². The summed E-state index contributed by atoms with van der Waals surface area (Å²) < 4.78 is 8.58. The number of ether oxygens (including phenoxy) is 1. The van der Waals surface area contributed by atoms with E-state index in [0.717, 1.165) is 17.0 Å². The van der Waals surface area contributed by atoms with Crippen molar-refractivity contribution in [1.82, 2.24) is 4.57 Å². The van der Waals surface area contributed by atoms with E-state index in [1.54, 1.807) is 11.8 Å². The summed E-state index contributed by atoms with van der Waals surface area (Å²) in [5.74, 6) is 0.951. The molecule has 1 aliphatic rings. The van der Waals surface area contributed by atoms with Gasteiger partial charge in [0.2, 0.25) is 4.93 Å². The van der Waals surface area contributed by atoms with Gasteiger partial charge in [-0.15, -0.1) is 0 Å². The minimum absolute atomic E-state index is 0.511. The van der Waals surface area contributed by atoms with Crippen LogP contribution < -0.4 is 4.74 Å². The topological polar surface area (TPSA) is 14.2 Å². The molecule has 0 aliphatic carbocycles. The van der Waals surface area contributed by atoms with Gasteiger partial charge in [0, 0.05) is 18.8 Å². The molecule has 0 saturated carbocycles. The van der Waals surface area contributed by atoms with Crippen LogP contribution in [0.15, 0.2) is 77.8 Å². The van der Waals surface area contributed by atoms with Crippen LogP contribution in [-0.4, -0.2) is 4.57 Å². The summed E-state index contributed by atoms with van der Waals surface area (Å²) in [6, 6.07) is 22.8. The Kier molecular flexibility index (Phi) is 2.82. The predicted octanol–water partition coefficient (Wildman–Crippen LogP) is 4.41. The van der Waals surface area contributed by atoms with Crippen molar-refractivity contribution >= 4 is 11.8 Å². The molecule has 0 spiro atoms. The number of nitrogens with zero attached hydrogens (tertiary/aromatic N) is 1. The van der Waals surface area contributed by atoms with Gasteiger partial charge in [-0.25, -0.2) is 0 Å². The maximum Gasteiger partial charge on any atom is 0.225 e. The quantitative estimate of drug-likeness (QED) is 0.695. The number of hydrogen-bond donors (Lipinski definition) is 0. The van der Waals surface area contributed by atoms with Gasteiger partial charge in [-0.3, -0.25) is 0 Å². The lowest BCUT2D eigenvalue weighted by Crippen LogP contribution is -2.29. The van der Waals surface area contributed by atoms with E-state index in [1.807, 2.05) is 18.2 Å². The van der Waals surface area contributed by atoms with Gasteiger partial charge in [-0.2, -0.15) is 0 Å². The van der Waals surface area contributed by atoms with E-state index in [0.29, 0.717) is 0 Å². The molecule has 104 valence electrons. The highest BCUT2D eigenvalue weighted by atomic mass is 32.2. The van der Waals surface area contributed by atoms with Crippen molar-refractivity contribution in [2.24, 2.45) is 7.05 Å². The Morgan fingerprint density at radius 1 is 0.905 bits per heavy atom. The third-order valence-electron chi connectivity index (χ3n) is 3.79. The highest BCUT2D eigenvalue weighted by Crippen LogP contribution is 2.55. The number of benzene rings is 2. The smallest absolute Gasteiger partial charge is 0.225 e. The molecule has 2 aromatic carbocycles. The van der Waals surface area contributed by atoms with Crippen LogP contribution in [0.2, 0.25) is 0 Å². The molecule has 0 amide bonds. The summed E-state index contributed by atoms with van der Waals surface area (Å²) in [6.45, 7) is 0. The third-order valence-corrected chi connectivity index (χ3v) is 5.16. The van der Waals surface area contributed by atoms with E-state index in [1.165, 1.54) is 4.90 Å². The van der Waals surface area contributed by atoms with Crippen molar-refractivity contribution in [2.75, 3.05) is 0 Å². The van der Waals surface area contributed by atoms with E-state index in [9.17, 15) is 0 Å². The number of thioether (sulfide) groups is 1. The van der Waals surface area contributed by atoms with Gasteiger partial charge in [-0.05, 0) is 24.3 Å². The molecule has 3 heteroatoms. The van der Waals surface area contributed by atoms with Crippen molar-refractivity contribution in [3.8, 4) is 5.75 Å². The Morgan fingerprint density at radius 3 is 2.38 bits per heavy atom. The molecule has 0 N–H and O–H groups in total. The molecule has 1 atom stereocenters. The number of fused-ring (bicyclic) bond motifs is 1. The number of aromatic nitrogens is 1. The maximum absolute atomic E-state index is 6.45. The van der Waals surface area contributed by atoms with Crippen LogP contribution in [0.25, 0.3) is 0 Å². The first-order valence-electron chi connectivity index (χ1n) is 6.94. The summed E-state index contributed by atoms with van der Waals surface area (Å²) in [7, 11) is 2.06. The first-order valence-corrected chi connectivity index (χ1v) is 7.76. The first kappa shape index (κ1) is 12.6. The van der Waals surface area contributed by atoms with Crippen molar-refractivity contribution in [3.63, 3.8) is 0 Å². The zero-order valence-corrected chi connectivity index (χ0v) is 12.5. The van der Waals surface area contributed by atoms with Gasteiger partial charge in [-0.1, -0.05) is 54.2 Å². The Morgan fingerprint density at radius 2 is 1.67 bits per heavy atom. The van der Waals surface area contributed by atoms with Crippen LogP contribution in [0.4, 0.5) is 0 Å². The molecule has 21 heavy (non-hydrogen) atoms. The van der Waals surface area contributed by atoms with Crippen LogP contribution >= 0.6 is 11.8 Å². The maximum atomic E-state index is 6.45. The molecule has 1 aliphatic heterocycles. The molecular weight excluding hydrogens is 278 g/mol. The second-order valence-electron chi connectivity index (χ2n) is 5.14. The molecule has 0 saturated heterocycles. The minimum Gasteiger partial charge on any atom is -0.465 e. The summed E-state index contributed by atoms with van der Waals surface area (Å²) in [4.78, 5) is 0.672. The fourth-order valence-electron chi connectivity index (χ4n) is 2.78. The normalized spacial score (nSPS) is 20.0. The van der Waals surface area contributed by atoms with E-state index < -0.39 is 4.93 Å². The fraction of sp³-hybridized carbons (Fsp3) is 0.111. The van der Waals surface area contributed by atoms with Crippen LogP contribution in [0, 0.1) is 0 Å². The SMILES string of the molecule is Cn1cccc1C1(c2ccccc2)Oc2ccccc2S1. The Labute approximate surface area is 128 Å². The van der Waals surface area contributed by atoms with Crippen LogP contribution in [-0.2, 0) is 12.0 Å². The van der Waals surface area contributed by atoms with Crippen molar-refractivity contribution in [1.29, 1.82) is 0 Å². The van der Waals surface area contributed by atoms with Gasteiger partial charge in [0.25, 0.3) is 0 Å². The minimum atomic E-state index is -0.511. The predicted molar refractivity (Wildman–Crippen MR) is 85.6 cm³/mol. The van der Waals surface area contributed by atoms with Crippen LogP contribution in [0.3, 0.4) is 0 Å². The Hall–Kier alpha value is -2.13. The summed E-state index contributed by atoms with van der Waals surface area (Å²) in [5.41, 5.74) is 2.31. The molecular formula is C18H15NOS. The van der Waals surface area contributed by atoms with E-state index in [4.69, 9.17) is 4.74 Å². The molecule has 2 heterocycles. The largest absolute Gasteiger partial charge is 0.465 e. The Balaban J connectivity index is 1.92. The van der Waals surface area contributed by atoms with Gasteiger partial charge in [0.15, 0.2) is 0 Å². The second kappa shape index (κ2) is 4.71. The van der Waals surface area contributed by atoms with Gasteiger partial charge < -0.3 is 9.30 Å². The summed E-state index contributed by atoms with van der Waals surface area (Å²) in [6.07, 6.45) is 2.06. The monoisotopic (exact) mass is 293 g/mol. The van der Waals surface area contributed by atoms with Crippen molar-refractivity contribution < 1.29 is 4.74 Å². The molecule has 1 unspecified atom stereocenters. The molecule has 0 radical (unpaired) electrons. The standard InChI is InChI=1S/C18H15NOS/c1-19-13-7-12-17(19)18(14-8-3-2-4-9-14)20-15-10-5-6-11-16(15)21-18/h2-13H,1H3. The zero-order valence-electron chi connectivity index (χ0n) is 11.7. The van der Waals surface area contributed by atoms with Crippen LogP contribution in [0.1, 0.15) is 11.3 Å².